The van der Waals surface area contributed by atoms with E-state index in [1.807, 2.05) is 0 Å². The highest BCUT2D eigenvalue weighted by Gasteiger charge is 2.44. The highest BCUT2D eigenvalue weighted by molar-refractivity contribution is 6.33. The fraction of sp³-hybridized carbons (Fsp3) is 0.105. The summed E-state index contributed by atoms with van der Waals surface area (Å²) in [7, 11) is 0. The third-order valence-electron chi connectivity index (χ3n) is 4.17. The first kappa shape index (κ1) is 19.9. The maximum Gasteiger partial charge on any atom is 0.586 e. The lowest BCUT2D eigenvalue weighted by Gasteiger charge is -2.09. The van der Waals surface area contributed by atoms with Gasteiger partial charge in [0.05, 0.1) is 23.1 Å². The van der Waals surface area contributed by atoms with E-state index in [4.69, 9.17) is 11.6 Å². The molecule has 154 valence electrons. The van der Waals surface area contributed by atoms with Crippen LogP contribution in [-0.2, 0) is 0 Å². The molecule has 1 aromatic heterocycles. The second kappa shape index (κ2) is 7.13. The van der Waals surface area contributed by atoms with Crippen LogP contribution in [0.15, 0.2) is 36.7 Å². The maximum atomic E-state index is 14.1. The smallest absolute Gasteiger partial charge is 0.395 e. The summed E-state index contributed by atoms with van der Waals surface area (Å²) in [6.07, 6.45) is -1.49. The number of alkyl halides is 2. The van der Waals surface area contributed by atoms with Gasteiger partial charge in [-0.3, -0.25) is 9.78 Å². The van der Waals surface area contributed by atoms with Gasteiger partial charge in [-0.2, -0.15) is 0 Å². The molecule has 0 fully saturated rings. The normalized spacial score (nSPS) is 13.9. The Bertz CT molecular complexity index is 1170. The number of nitrogens with zero attached hydrogens (tertiary/aromatic N) is 2. The third kappa shape index (κ3) is 3.61. The first-order valence-corrected chi connectivity index (χ1v) is 8.70. The molecule has 11 heteroatoms. The number of ether oxygens (including phenoxy) is 2. The summed E-state index contributed by atoms with van der Waals surface area (Å²) < 4.78 is 63.0. The van der Waals surface area contributed by atoms with Crippen molar-refractivity contribution in [2.24, 2.45) is 0 Å². The molecule has 30 heavy (non-hydrogen) atoms. The van der Waals surface area contributed by atoms with Crippen molar-refractivity contribution in [1.82, 2.24) is 9.97 Å². The molecule has 1 aliphatic heterocycles. The van der Waals surface area contributed by atoms with Crippen molar-refractivity contribution in [1.29, 1.82) is 0 Å². The Morgan fingerprint density at radius 2 is 1.80 bits per heavy atom. The number of amides is 1. The molecule has 6 nitrogen and oxygen atoms in total. The van der Waals surface area contributed by atoms with Gasteiger partial charge in [-0.15, -0.1) is 8.78 Å². The molecule has 2 aromatic carbocycles. The van der Waals surface area contributed by atoms with E-state index in [2.05, 4.69) is 24.8 Å². The average molecular weight is 440 g/mol. The number of benzene rings is 2. The number of carbonyl (C=O) groups excluding carboxylic acids is 1. The van der Waals surface area contributed by atoms with Gasteiger partial charge in [0.2, 0.25) is 0 Å². The van der Waals surface area contributed by atoms with Crippen LogP contribution in [0.1, 0.15) is 15.9 Å². The van der Waals surface area contributed by atoms with E-state index in [-0.39, 0.29) is 39.2 Å². The minimum Gasteiger partial charge on any atom is -0.395 e. The number of fused-ring (bicyclic) bond motifs is 1. The maximum absolute atomic E-state index is 14.1. The second-order valence-electron chi connectivity index (χ2n) is 6.24. The van der Waals surface area contributed by atoms with Gasteiger partial charge in [0.1, 0.15) is 17.2 Å². The van der Waals surface area contributed by atoms with Crippen LogP contribution in [0.4, 0.5) is 23.4 Å². The van der Waals surface area contributed by atoms with Crippen LogP contribution in [0.25, 0.3) is 11.3 Å². The van der Waals surface area contributed by atoms with E-state index in [9.17, 15) is 22.4 Å². The zero-order chi connectivity index (χ0) is 21.6. The minimum absolute atomic E-state index is 0.0463. The Labute approximate surface area is 171 Å². The summed E-state index contributed by atoms with van der Waals surface area (Å²) in [6.45, 7) is 1.39. The highest BCUT2D eigenvalue weighted by Crippen LogP contribution is 2.45. The molecule has 0 saturated heterocycles. The van der Waals surface area contributed by atoms with Crippen LogP contribution in [0, 0.1) is 18.6 Å². The summed E-state index contributed by atoms with van der Waals surface area (Å²) in [5, 5.41) is 2.29. The molecule has 2 heterocycles. The van der Waals surface area contributed by atoms with Crippen molar-refractivity contribution in [2.75, 3.05) is 5.32 Å². The van der Waals surface area contributed by atoms with Gasteiger partial charge in [-0.05, 0) is 24.6 Å². The van der Waals surface area contributed by atoms with Crippen LogP contribution < -0.4 is 14.8 Å². The molecule has 4 rings (SSSR count). The van der Waals surface area contributed by atoms with E-state index in [0.29, 0.717) is 0 Å². The number of aryl methyl sites for hydroxylation is 1. The fourth-order valence-corrected chi connectivity index (χ4v) is 2.99. The fourth-order valence-electron chi connectivity index (χ4n) is 2.74. The summed E-state index contributed by atoms with van der Waals surface area (Å²) in [6, 6.07) is 4.54. The lowest BCUT2D eigenvalue weighted by molar-refractivity contribution is -0.286. The zero-order valence-corrected chi connectivity index (χ0v) is 15.7. The molecule has 0 bridgehead atoms. The topological polar surface area (TPSA) is 73.3 Å². The molecular weight excluding hydrogens is 430 g/mol. The van der Waals surface area contributed by atoms with Crippen molar-refractivity contribution >= 4 is 23.3 Å². The number of rotatable bonds is 3. The van der Waals surface area contributed by atoms with E-state index >= 15 is 0 Å². The molecule has 3 aromatic rings. The lowest BCUT2D eigenvalue weighted by atomic mass is 10.1. The van der Waals surface area contributed by atoms with Crippen LogP contribution in [0.5, 0.6) is 11.5 Å². The molecular formula is C19H10ClF4N3O3. The largest absolute Gasteiger partial charge is 0.586 e. The molecule has 0 atom stereocenters. The number of anilines is 1. The molecule has 1 aliphatic rings. The number of halogens is 5. The summed E-state index contributed by atoms with van der Waals surface area (Å²) in [4.78, 5) is 20.2. The van der Waals surface area contributed by atoms with Crippen molar-refractivity contribution in [3.63, 3.8) is 0 Å². The van der Waals surface area contributed by atoms with Crippen LogP contribution in [-0.4, -0.2) is 22.2 Å². The monoisotopic (exact) mass is 439 g/mol. The molecule has 0 spiro atoms. The standard InChI is InChI=1S/C19H10ClF4N3O3/c1-8-2-3-11(21)16(17(8)22)18(28)27-15-7-25-12(6-26-15)9-4-13-14(5-10(9)20)30-19(23,24)29-13/h2-7H,1H3,(H,26,27,28). The Morgan fingerprint density at radius 3 is 2.47 bits per heavy atom. The van der Waals surface area contributed by atoms with Crippen molar-refractivity contribution in [3.8, 4) is 22.8 Å². The van der Waals surface area contributed by atoms with Gasteiger partial charge < -0.3 is 14.8 Å². The van der Waals surface area contributed by atoms with Gasteiger partial charge in [0, 0.05) is 11.6 Å². The van der Waals surface area contributed by atoms with E-state index in [0.717, 1.165) is 18.3 Å². The molecule has 0 aliphatic carbocycles. The lowest BCUT2D eigenvalue weighted by Crippen LogP contribution is -2.25. The molecule has 0 radical (unpaired) electrons. The van der Waals surface area contributed by atoms with Gasteiger partial charge >= 0.3 is 6.29 Å². The first-order valence-electron chi connectivity index (χ1n) is 8.32. The Hall–Kier alpha value is -3.40. The molecule has 1 amide bonds. The van der Waals surface area contributed by atoms with Gasteiger partial charge in [-0.25, -0.2) is 13.8 Å². The SMILES string of the molecule is Cc1ccc(F)c(C(=O)Nc2cnc(-c3cc4c(cc3Cl)OC(F)(F)O4)cn2)c1F. The number of hydrogen-bond acceptors (Lipinski definition) is 5. The Morgan fingerprint density at radius 1 is 1.10 bits per heavy atom. The van der Waals surface area contributed by atoms with Crippen molar-refractivity contribution in [3.05, 3.63) is 64.4 Å². The Kier molecular flexibility index (Phi) is 4.73. The number of aromatic nitrogens is 2. The number of nitrogens with one attached hydrogen (secondary N) is 1. The number of carbonyl (C=O) groups is 1. The van der Waals surface area contributed by atoms with E-state index < -0.39 is 29.4 Å². The van der Waals surface area contributed by atoms with E-state index in [1.54, 1.807) is 0 Å². The van der Waals surface area contributed by atoms with Crippen LogP contribution in [0.3, 0.4) is 0 Å². The average Bonchev–Trinajstić information content (AvgIpc) is 2.98. The number of hydrogen-bond donors (Lipinski definition) is 1. The summed E-state index contributed by atoms with van der Waals surface area (Å²) in [5.41, 5.74) is -0.253. The third-order valence-corrected chi connectivity index (χ3v) is 4.48. The predicted octanol–water partition coefficient (Wildman–Crippen LogP) is 4.96. The minimum atomic E-state index is -3.80. The first-order chi connectivity index (χ1) is 14.1. The van der Waals surface area contributed by atoms with Crippen LogP contribution >= 0.6 is 11.6 Å². The molecule has 0 saturated carbocycles. The molecule has 0 unspecified atom stereocenters. The summed E-state index contributed by atoms with van der Waals surface area (Å²) in [5.74, 6) is -3.60. The zero-order valence-electron chi connectivity index (χ0n) is 15.0. The van der Waals surface area contributed by atoms with Gasteiger partial charge in [0.15, 0.2) is 17.3 Å². The summed E-state index contributed by atoms with van der Waals surface area (Å²) >= 11 is 6.09. The quantitative estimate of drug-likeness (QED) is 0.584. The predicted molar refractivity (Wildman–Crippen MR) is 97.7 cm³/mol. The molecule has 1 N–H and O–H groups in total. The van der Waals surface area contributed by atoms with Crippen molar-refractivity contribution < 1.29 is 31.8 Å². The van der Waals surface area contributed by atoms with Gasteiger partial charge in [-0.1, -0.05) is 17.7 Å². The van der Waals surface area contributed by atoms with E-state index in [1.165, 1.54) is 25.3 Å². The van der Waals surface area contributed by atoms with Gasteiger partial charge in [0.25, 0.3) is 5.91 Å². The highest BCUT2D eigenvalue weighted by atomic mass is 35.5. The van der Waals surface area contributed by atoms with Crippen molar-refractivity contribution in [2.45, 2.75) is 13.2 Å². The van der Waals surface area contributed by atoms with Crippen LogP contribution in [0.2, 0.25) is 5.02 Å². The Balaban J connectivity index is 1.58. The second-order valence-corrected chi connectivity index (χ2v) is 6.65.